The molecule has 24 heavy (non-hydrogen) atoms. The van der Waals surface area contributed by atoms with E-state index in [2.05, 4.69) is 24.5 Å². The molecule has 1 atom stereocenters. The average molecular weight is 345 g/mol. The molecule has 126 valence electrons. The predicted molar refractivity (Wildman–Crippen MR) is 97.2 cm³/mol. The number of hydrogen-bond donors (Lipinski definition) is 3. The van der Waals surface area contributed by atoms with Crippen LogP contribution in [0, 0.1) is 0 Å². The van der Waals surface area contributed by atoms with Crippen LogP contribution in [0.5, 0.6) is 11.5 Å². The molecule has 0 spiro atoms. The molecule has 2 aromatic carbocycles. The lowest BCUT2D eigenvalue weighted by atomic mass is 9.96. The summed E-state index contributed by atoms with van der Waals surface area (Å²) in [5.74, 6) is 1.02. The summed E-state index contributed by atoms with van der Waals surface area (Å²) in [6.45, 7) is 4.10. The summed E-state index contributed by atoms with van der Waals surface area (Å²) in [5, 5.41) is 17.8. The van der Waals surface area contributed by atoms with Gasteiger partial charge in [-0.25, -0.2) is 0 Å². The van der Waals surface area contributed by atoms with Gasteiger partial charge in [0.1, 0.15) is 11.5 Å². The van der Waals surface area contributed by atoms with Crippen LogP contribution in [0.4, 0.5) is 0 Å². The van der Waals surface area contributed by atoms with Crippen LogP contribution in [-0.2, 0) is 0 Å². The van der Waals surface area contributed by atoms with Crippen molar-refractivity contribution in [1.29, 1.82) is 0 Å². The van der Waals surface area contributed by atoms with Gasteiger partial charge in [-0.3, -0.25) is 5.32 Å². The zero-order valence-electron chi connectivity index (χ0n) is 13.9. The third kappa shape index (κ3) is 3.50. The highest BCUT2D eigenvalue weighted by Gasteiger charge is 2.29. The molecular weight excluding hydrogens is 324 g/mol. The van der Waals surface area contributed by atoms with Crippen molar-refractivity contribution in [2.75, 3.05) is 7.11 Å². The van der Waals surface area contributed by atoms with Gasteiger partial charge < -0.3 is 15.2 Å². The van der Waals surface area contributed by atoms with Gasteiger partial charge in [0, 0.05) is 21.8 Å². The van der Waals surface area contributed by atoms with E-state index in [0.29, 0.717) is 5.02 Å². The van der Waals surface area contributed by atoms with Gasteiger partial charge in [0.25, 0.3) is 0 Å². The van der Waals surface area contributed by atoms with Gasteiger partial charge in [-0.15, -0.1) is 0 Å². The molecule has 0 bridgehead atoms. The molecule has 4 nitrogen and oxygen atoms in total. The molecule has 1 aliphatic rings. The van der Waals surface area contributed by atoms with Gasteiger partial charge in [0.2, 0.25) is 0 Å². The number of phenols is 1. The van der Waals surface area contributed by atoms with E-state index >= 15 is 0 Å². The van der Waals surface area contributed by atoms with Crippen LogP contribution in [0.3, 0.4) is 0 Å². The number of hydrogen-bond acceptors (Lipinski definition) is 4. The lowest BCUT2D eigenvalue weighted by molar-refractivity contribution is 0.313. The molecule has 3 N–H and O–H groups in total. The molecule has 0 aromatic heterocycles. The fourth-order valence-electron chi connectivity index (χ4n) is 2.91. The van der Waals surface area contributed by atoms with Crippen molar-refractivity contribution in [1.82, 2.24) is 10.6 Å². The first-order chi connectivity index (χ1) is 11.4. The second-order valence-electron chi connectivity index (χ2n) is 6.39. The van der Waals surface area contributed by atoms with Gasteiger partial charge in [0.05, 0.1) is 18.8 Å². The Bertz CT molecular complexity index is 787. The maximum absolute atomic E-state index is 10.2. The fraction of sp³-hybridized carbons (Fsp3) is 0.263. The number of rotatable bonds is 3. The number of aromatic hydroxyl groups is 1. The Kier molecular flexibility index (Phi) is 4.43. The Morgan fingerprint density at radius 1 is 1.17 bits per heavy atom. The molecule has 0 amide bonds. The van der Waals surface area contributed by atoms with E-state index in [4.69, 9.17) is 16.3 Å². The zero-order valence-corrected chi connectivity index (χ0v) is 14.7. The van der Waals surface area contributed by atoms with Crippen molar-refractivity contribution < 1.29 is 9.84 Å². The predicted octanol–water partition coefficient (Wildman–Crippen LogP) is 4.07. The highest BCUT2D eigenvalue weighted by Crippen LogP contribution is 2.34. The number of ether oxygens (including phenoxy) is 1. The summed E-state index contributed by atoms with van der Waals surface area (Å²) < 4.78 is 5.32. The summed E-state index contributed by atoms with van der Waals surface area (Å²) in [4.78, 5) is 0. The van der Waals surface area contributed by atoms with Crippen LogP contribution >= 0.6 is 11.6 Å². The molecule has 1 unspecified atom stereocenters. The highest BCUT2D eigenvalue weighted by atomic mass is 35.5. The van der Waals surface area contributed by atoms with Gasteiger partial charge in [0.15, 0.2) is 0 Å². The van der Waals surface area contributed by atoms with Crippen LogP contribution in [0.25, 0.3) is 5.70 Å². The molecular formula is C19H21ClN2O2. The highest BCUT2D eigenvalue weighted by molar-refractivity contribution is 6.30. The summed E-state index contributed by atoms with van der Waals surface area (Å²) in [6, 6.07) is 12.8. The second kappa shape index (κ2) is 6.38. The molecule has 0 radical (unpaired) electrons. The van der Waals surface area contributed by atoms with Crippen LogP contribution in [-0.4, -0.2) is 17.9 Å². The molecule has 0 fully saturated rings. The molecule has 0 aliphatic carbocycles. The third-order valence-electron chi connectivity index (χ3n) is 4.00. The van der Waals surface area contributed by atoms with Gasteiger partial charge in [-0.1, -0.05) is 23.7 Å². The van der Waals surface area contributed by atoms with E-state index in [0.717, 1.165) is 22.6 Å². The average Bonchev–Trinajstić information content (AvgIpc) is 2.55. The molecule has 2 aromatic rings. The molecule has 3 rings (SSSR count). The van der Waals surface area contributed by atoms with Crippen LogP contribution in [0.2, 0.25) is 5.02 Å². The fourth-order valence-corrected chi connectivity index (χ4v) is 3.09. The molecule has 1 aliphatic heterocycles. The minimum absolute atomic E-state index is 0.166. The Morgan fingerprint density at radius 2 is 1.96 bits per heavy atom. The number of methoxy groups -OCH3 is 1. The largest absolute Gasteiger partial charge is 0.508 e. The first-order valence-electron chi connectivity index (χ1n) is 7.78. The van der Waals surface area contributed by atoms with Gasteiger partial charge >= 0.3 is 0 Å². The van der Waals surface area contributed by atoms with Crippen molar-refractivity contribution in [3.05, 3.63) is 64.7 Å². The molecule has 0 saturated heterocycles. The number of benzene rings is 2. The van der Waals surface area contributed by atoms with Crippen LogP contribution < -0.4 is 15.4 Å². The summed E-state index contributed by atoms with van der Waals surface area (Å²) in [5.41, 5.74) is 2.39. The maximum atomic E-state index is 10.2. The van der Waals surface area contributed by atoms with Crippen LogP contribution in [0.15, 0.2) is 48.5 Å². The minimum Gasteiger partial charge on any atom is -0.508 e. The summed E-state index contributed by atoms with van der Waals surface area (Å²) in [7, 11) is 1.65. The third-order valence-corrected chi connectivity index (χ3v) is 4.24. The van der Waals surface area contributed by atoms with Gasteiger partial charge in [-0.05, 0) is 50.3 Å². The second-order valence-corrected chi connectivity index (χ2v) is 6.82. The Labute approximate surface area is 147 Å². The smallest absolute Gasteiger partial charge is 0.120 e. The Balaban J connectivity index is 2.05. The topological polar surface area (TPSA) is 53.5 Å². The number of halogens is 1. The Hall–Kier alpha value is -2.17. The lowest BCUT2D eigenvalue weighted by Crippen LogP contribution is -2.54. The molecule has 1 heterocycles. The monoisotopic (exact) mass is 344 g/mol. The summed E-state index contributed by atoms with van der Waals surface area (Å²) in [6.07, 6.45) is 2.05. The quantitative estimate of drug-likeness (QED) is 0.785. The van der Waals surface area contributed by atoms with E-state index in [9.17, 15) is 5.11 Å². The molecule has 5 heteroatoms. The maximum Gasteiger partial charge on any atom is 0.120 e. The van der Waals surface area contributed by atoms with Crippen molar-refractivity contribution in [3.63, 3.8) is 0 Å². The first-order valence-corrected chi connectivity index (χ1v) is 8.16. The number of phenolic OH excluding ortho intramolecular Hbond substituents is 1. The minimum atomic E-state index is -0.355. The van der Waals surface area contributed by atoms with Gasteiger partial charge in [-0.2, -0.15) is 0 Å². The van der Waals surface area contributed by atoms with Crippen molar-refractivity contribution in [2.45, 2.75) is 25.6 Å². The van der Waals surface area contributed by atoms with E-state index < -0.39 is 0 Å². The van der Waals surface area contributed by atoms with Crippen molar-refractivity contribution >= 4 is 17.3 Å². The Morgan fingerprint density at radius 3 is 2.71 bits per heavy atom. The number of nitrogens with one attached hydrogen (secondary N) is 2. The van der Waals surface area contributed by atoms with E-state index in [1.165, 1.54) is 0 Å². The lowest BCUT2D eigenvalue weighted by Gasteiger charge is -2.39. The zero-order chi connectivity index (χ0) is 17.3. The van der Waals surface area contributed by atoms with E-state index in [1.807, 2.05) is 30.3 Å². The van der Waals surface area contributed by atoms with Crippen LogP contribution in [0.1, 0.15) is 31.0 Å². The standard InChI is InChI=1S/C19H21ClN2O2/c1-19(2)21-16(12-5-4-6-14(9-12)24-3)11-17(22-19)15-10-13(20)7-8-18(15)23/h4-11,17,21-23H,1-3H3. The summed E-state index contributed by atoms with van der Waals surface area (Å²) >= 11 is 6.11. The molecule has 0 saturated carbocycles. The normalized spacial score (nSPS) is 19.3. The van der Waals surface area contributed by atoms with Crippen molar-refractivity contribution in [2.24, 2.45) is 0 Å². The van der Waals surface area contributed by atoms with E-state index in [1.54, 1.807) is 25.3 Å². The first kappa shape index (κ1) is 16.7. The van der Waals surface area contributed by atoms with E-state index in [-0.39, 0.29) is 17.5 Å². The SMILES string of the molecule is COc1cccc(C2=CC(c3cc(Cl)ccc3O)NC(C)(C)N2)c1. The van der Waals surface area contributed by atoms with Crippen molar-refractivity contribution in [3.8, 4) is 11.5 Å².